The highest BCUT2D eigenvalue weighted by molar-refractivity contribution is 7.81. The number of amides is 1. The van der Waals surface area contributed by atoms with Crippen molar-refractivity contribution in [1.29, 1.82) is 0 Å². The fourth-order valence-electron chi connectivity index (χ4n) is 2.27. The Balaban J connectivity index is 2.68. The Kier molecular flexibility index (Phi) is 7.48. The molecular weight excluding hydrogens is 425 g/mol. The largest absolute Gasteiger partial charge is 0.459 e. The van der Waals surface area contributed by atoms with E-state index in [0.29, 0.717) is 0 Å². The lowest BCUT2D eigenvalue weighted by atomic mass is 9.87. The Morgan fingerprint density at radius 2 is 1.54 bits per heavy atom. The van der Waals surface area contributed by atoms with Crippen molar-refractivity contribution in [3.63, 3.8) is 0 Å². The monoisotopic (exact) mass is 449 g/mol. The predicted molar refractivity (Wildman–Crippen MR) is 105 cm³/mol. The van der Waals surface area contributed by atoms with E-state index in [0.717, 1.165) is 0 Å². The molecule has 0 radical (unpaired) electrons. The summed E-state index contributed by atoms with van der Waals surface area (Å²) in [7, 11) is 0. The number of halogens is 3. The standard InChI is InChI=1S/C16H26Cl3NO5S/c1-13(2,3)24-11(21)10(26)15(23)6-8-20(9-7-15)12(22)25-14(4,5)16(17,18)19/h10,23,26H,6-9H2,1-5H3. The molecule has 1 atom stereocenters. The van der Waals surface area contributed by atoms with Gasteiger partial charge in [-0.1, -0.05) is 34.8 Å². The Morgan fingerprint density at radius 1 is 1.08 bits per heavy atom. The molecule has 1 aliphatic heterocycles. The summed E-state index contributed by atoms with van der Waals surface area (Å²) < 4.78 is 8.77. The molecule has 1 heterocycles. The van der Waals surface area contributed by atoms with Crippen LogP contribution in [0.25, 0.3) is 0 Å². The van der Waals surface area contributed by atoms with Gasteiger partial charge in [-0.3, -0.25) is 4.79 Å². The lowest BCUT2D eigenvalue weighted by molar-refractivity contribution is -0.160. The minimum Gasteiger partial charge on any atom is -0.459 e. The SMILES string of the molecule is CC(C)(C)OC(=O)C(S)C1(O)CCN(C(=O)OC(C)(C)C(Cl)(Cl)Cl)CC1. The van der Waals surface area contributed by atoms with Crippen molar-refractivity contribution in [2.75, 3.05) is 13.1 Å². The number of ether oxygens (including phenoxy) is 2. The van der Waals surface area contributed by atoms with Crippen LogP contribution in [0.3, 0.4) is 0 Å². The van der Waals surface area contributed by atoms with Crippen LogP contribution in [0.2, 0.25) is 0 Å². The molecule has 0 aromatic rings. The molecule has 1 N–H and O–H groups in total. The minimum atomic E-state index is -1.79. The highest BCUT2D eigenvalue weighted by atomic mass is 35.6. The quantitative estimate of drug-likeness (QED) is 0.389. The molecule has 10 heteroatoms. The molecule has 0 aliphatic carbocycles. The van der Waals surface area contributed by atoms with Crippen LogP contribution in [0, 0.1) is 0 Å². The summed E-state index contributed by atoms with van der Waals surface area (Å²) in [5, 5.41) is 9.73. The lowest BCUT2D eigenvalue weighted by Gasteiger charge is -2.41. The zero-order chi connectivity index (χ0) is 20.6. The Bertz CT molecular complexity index is 537. The van der Waals surface area contributed by atoms with E-state index in [-0.39, 0.29) is 25.9 Å². The van der Waals surface area contributed by atoms with E-state index in [1.165, 1.54) is 18.7 Å². The van der Waals surface area contributed by atoms with Gasteiger partial charge in [-0.2, -0.15) is 12.6 Å². The maximum Gasteiger partial charge on any atom is 0.410 e. The zero-order valence-corrected chi connectivity index (χ0v) is 18.7. The van der Waals surface area contributed by atoms with Crippen LogP contribution in [0.15, 0.2) is 0 Å². The third-order valence-electron chi connectivity index (χ3n) is 4.05. The van der Waals surface area contributed by atoms with Crippen LogP contribution in [-0.4, -0.2) is 61.0 Å². The van der Waals surface area contributed by atoms with Crippen molar-refractivity contribution in [2.24, 2.45) is 0 Å². The number of esters is 1. The average molecular weight is 451 g/mol. The van der Waals surface area contributed by atoms with Crippen molar-refractivity contribution < 1.29 is 24.2 Å². The van der Waals surface area contributed by atoms with Crippen LogP contribution >= 0.6 is 47.4 Å². The van der Waals surface area contributed by atoms with Crippen LogP contribution in [0.5, 0.6) is 0 Å². The number of likely N-dealkylation sites (tertiary alicyclic amines) is 1. The molecule has 26 heavy (non-hydrogen) atoms. The summed E-state index contributed by atoms with van der Waals surface area (Å²) in [5.41, 5.74) is -3.39. The molecule has 1 amide bonds. The highest BCUT2D eigenvalue weighted by Gasteiger charge is 2.47. The number of aliphatic hydroxyl groups is 1. The first-order valence-corrected chi connectivity index (χ1v) is 9.81. The number of carbonyl (C=O) groups is 2. The van der Waals surface area contributed by atoms with Crippen molar-refractivity contribution in [3.8, 4) is 0 Å². The lowest BCUT2D eigenvalue weighted by Crippen LogP contribution is -2.55. The van der Waals surface area contributed by atoms with Gasteiger partial charge in [0.25, 0.3) is 0 Å². The molecule has 1 saturated heterocycles. The number of alkyl halides is 3. The zero-order valence-electron chi connectivity index (χ0n) is 15.5. The van der Waals surface area contributed by atoms with Gasteiger partial charge in [0.2, 0.25) is 3.79 Å². The van der Waals surface area contributed by atoms with Crippen molar-refractivity contribution >= 4 is 59.5 Å². The Hall–Kier alpha value is -0.0800. The molecule has 1 aliphatic rings. The number of carbonyl (C=O) groups excluding carboxylic acids is 2. The fourth-order valence-corrected chi connectivity index (χ4v) is 2.69. The van der Waals surface area contributed by atoms with E-state index in [1.807, 2.05) is 0 Å². The van der Waals surface area contributed by atoms with Gasteiger partial charge in [0, 0.05) is 13.1 Å². The molecule has 0 aromatic heterocycles. The molecule has 1 fully saturated rings. The first-order valence-electron chi connectivity index (χ1n) is 8.16. The van der Waals surface area contributed by atoms with Crippen LogP contribution in [0.4, 0.5) is 4.79 Å². The summed E-state index contributed by atoms with van der Waals surface area (Å²) in [4.78, 5) is 25.9. The smallest absolute Gasteiger partial charge is 0.410 e. The van der Waals surface area contributed by atoms with Gasteiger partial charge >= 0.3 is 12.1 Å². The third-order valence-corrected chi connectivity index (χ3v) is 6.11. The fraction of sp³-hybridized carbons (Fsp3) is 0.875. The third kappa shape index (κ3) is 6.23. The van der Waals surface area contributed by atoms with Gasteiger partial charge in [0.15, 0.2) is 5.60 Å². The molecule has 6 nitrogen and oxygen atoms in total. The Labute approximate surface area is 174 Å². The van der Waals surface area contributed by atoms with Crippen molar-refractivity contribution in [1.82, 2.24) is 4.90 Å². The van der Waals surface area contributed by atoms with Crippen molar-refractivity contribution in [2.45, 2.75) is 73.3 Å². The molecule has 0 aromatic carbocycles. The van der Waals surface area contributed by atoms with Gasteiger partial charge in [0.1, 0.15) is 10.9 Å². The number of rotatable bonds is 3. The van der Waals surface area contributed by atoms with Gasteiger partial charge < -0.3 is 19.5 Å². The molecule has 1 rings (SSSR count). The van der Waals surface area contributed by atoms with Gasteiger partial charge in [0.05, 0.1) is 5.60 Å². The summed E-state index contributed by atoms with van der Waals surface area (Å²) in [6, 6.07) is 0. The van der Waals surface area contributed by atoms with Gasteiger partial charge in [-0.25, -0.2) is 4.79 Å². The van der Waals surface area contributed by atoms with E-state index in [1.54, 1.807) is 20.8 Å². The maximum absolute atomic E-state index is 12.3. The number of hydrogen-bond acceptors (Lipinski definition) is 6. The minimum absolute atomic E-state index is 0.143. The van der Waals surface area contributed by atoms with E-state index in [4.69, 9.17) is 44.3 Å². The van der Waals surface area contributed by atoms with Gasteiger partial charge in [-0.05, 0) is 47.5 Å². The summed E-state index contributed by atoms with van der Waals surface area (Å²) in [5.74, 6) is -0.600. The molecule has 152 valence electrons. The van der Waals surface area contributed by atoms with E-state index in [2.05, 4.69) is 12.6 Å². The Morgan fingerprint density at radius 3 is 1.92 bits per heavy atom. The molecule has 0 spiro atoms. The predicted octanol–water partition coefficient (Wildman–Crippen LogP) is 3.74. The molecule has 1 unspecified atom stereocenters. The summed E-state index contributed by atoms with van der Waals surface area (Å²) in [6.07, 6.45) is -0.371. The average Bonchev–Trinajstić information content (AvgIpc) is 2.43. The van der Waals surface area contributed by atoms with E-state index in [9.17, 15) is 14.7 Å². The van der Waals surface area contributed by atoms with Gasteiger partial charge in [-0.15, -0.1) is 0 Å². The van der Waals surface area contributed by atoms with Crippen LogP contribution in [0.1, 0.15) is 47.5 Å². The second kappa shape index (κ2) is 8.11. The van der Waals surface area contributed by atoms with E-state index < -0.39 is 37.9 Å². The number of nitrogens with zero attached hydrogens (tertiary/aromatic N) is 1. The van der Waals surface area contributed by atoms with Crippen LogP contribution < -0.4 is 0 Å². The number of thiol groups is 1. The van der Waals surface area contributed by atoms with Crippen molar-refractivity contribution in [3.05, 3.63) is 0 Å². The normalized spacial score (nSPS) is 19.7. The second-order valence-corrected chi connectivity index (χ2v) is 10.7. The number of piperidine rings is 1. The summed E-state index contributed by atoms with van der Waals surface area (Å²) >= 11 is 21.7. The number of hydrogen-bond donors (Lipinski definition) is 2. The summed E-state index contributed by atoms with van der Waals surface area (Å²) in [6.45, 7) is 8.53. The first kappa shape index (κ1) is 24.0. The van der Waals surface area contributed by atoms with E-state index >= 15 is 0 Å². The molecular formula is C16H26Cl3NO5S. The molecule has 0 bridgehead atoms. The van der Waals surface area contributed by atoms with Crippen LogP contribution in [-0.2, 0) is 14.3 Å². The maximum atomic E-state index is 12.3. The molecule has 0 saturated carbocycles. The second-order valence-electron chi connectivity index (χ2n) is 7.90. The topological polar surface area (TPSA) is 76.1 Å². The first-order chi connectivity index (χ1) is 11.5. The highest BCUT2D eigenvalue weighted by Crippen LogP contribution is 2.41.